The van der Waals surface area contributed by atoms with Crippen LogP contribution in [0.5, 0.6) is 0 Å². The molecule has 1 aromatic rings. The third-order valence-electron chi connectivity index (χ3n) is 1.98. The summed E-state index contributed by atoms with van der Waals surface area (Å²) in [6.45, 7) is 4.78. The van der Waals surface area contributed by atoms with Crippen molar-refractivity contribution in [3.8, 4) is 0 Å². The van der Waals surface area contributed by atoms with Crippen molar-refractivity contribution < 1.29 is 17.9 Å². The molecule has 5 heteroatoms. The SMILES string of the molecule is C=C(COC(C)=O)CS(=O)(=O)c1ccccc1. The second kappa shape index (κ2) is 5.63. The maximum absolute atomic E-state index is 11.9. The van der Waals surface area contributed by atoms with Crippen molar-refractivity contribution in [3.63, 3.8) is 0 Å². The predicted molar refractivity (Wildman–Crippen MR) is 64.3 cm³/mol. The van der Waals surface area contributed by atoms with Gasteiger partial charge in [0, 0.05) is 6.92 Å². The fraction of sp³-hybridized carbons (Fsp3) is 0.250. The van der Waals surface area contributed by atoms with Gasteiger partial charge in [0.2, 0.25) is 0 Å². The molecule has 0 spiro atoms. The molecule has 0 aliphatic heterocycles. The molecule has 0 radical (unpaired) electrons. The van der Waals surface area contributed by atoms with Gasteiger partial charge < -0.3 is 4.74 Å². The number of carbonyl (C=O) groups excluding carboxylic acids is 1. The standard InChI is InChI=1S/C12H14O4S/c1-10(8-16-11(2)13)9-17(14,15)12-6-4-3-5-7-12/h3-7H,1,8-9H2,2H3. The van der Waals surface area contributed by atoms with Crippen molar-refractivity contribution in [2.45, 2.75) is 11.8 Å². The Morgan fingerprint density at radius 1 is 1.29 bits per heavy atom. The number of rotatable bonds is 5. The summed E-state index contributed by atoms with van der Waals surface area (Å²) in [7, 11) is -3.40. The Morgan fingerprint density at radius 2 is 1.88 bits per heavy atom. The van der Waals surface area contributed by atoms with E-state index >= 15 is 0 Å². The van der Waals surface area contributed by atoms with Crippen LogP contribution in [-0.2, 0) is 19.4 Å². The third kappa shape index (κ3) is 4.40. The summed E-state index contributed by atoms with van der Waals surface area (Å²) in [5.41, 5.74) is 0.351. The number of sulfone groups is 1. The van der Waals surface area contributed by atoms with Crippen molar-refractivity contribution in [2.24, 2.45) is 0 Å². The summed E-state index contributed by atoms with van der Waals surface area (Å²) >= 11 is 0. The molecule has 0 atom stereocenters. The van der Waals surface area contributed by atoms with E-state index in [0.717, 1.165) is 0 Å². The van der Waals surface area contributed by atoms with Crippen LogP contribution in [0.1, 0.15) is 6.92 Å². The number of esters is 1. The molecule has 0 bridgehead atoms. The van der Waals surface area contributed by atoms with Crippen LogP contribution in [0.3, 0.4) is 0 Å². The lowest BCUT2D eigenvalue weighted by Gasteiger charge is -2.07. The first-order chi connectivity index (χ1) is 7.92. The summed E-state index contributed by atoms with van der Waals surface area (Å²) < 4.78 is 28.5. The van der Waals surface area contributed by atoms with Crippen LogP contribution < -0.4 is 0 Å². The molecule has 17 heavy (non-hydrogen) atoms. The van der Waals surface area contributed by atoms with Crippen LogP contribution in [0.25, 0.3) is 0 Å². The molecule has 0 aromatic heterocycles. The molecule has 0 heterocycles. The Labute approximate surface area is 101 Å². The topological polar surface area (TPSA) is 60.4 Å². The largest absolute Gasteiger partial charge is 0.461 e. The lowest BCUT2D eigenvalue weighted by Crippen LogP contribution is -2.13. The van der Waals surface area contributed by atoms with Gasteiger partial charge in [-0.15, -0.1) is 0 Å². The molecule has 0 fully saturated rings. The number of hydrogen-bond donors (Lipinski definition) is 0. The molecule has 0 saturated carbocycles. The molecule has 0 aliphatic rings. The predicted octanol–water partition coefficient (Wildman–Crippen LogP) is 1.58. The second-order valence-electron chi connectivity index (χ2n) is 3.60. The third-order valence-corrected chi connectivity index (χ3v) is 3.75. The first-order valence-electron chi connectivity index (χ1n) is 4.99. The van der Waals surface area contributed by atoms with Gasteiger partial charge in [0.05, 0.1) is 10.6 Å². The molecule has 0 amide bonds. The average molecular weight is 254 g/mol. The van der Waals surface area contributed by atoms with E-state index in [1.54, 1.807) is 18.2 Å². The van der Waals surface area contributed by atoms with Gasteiger partial charge in [-0.05, 0) is 17.7 Å². The van der Waals surface area contributed by atoms with Crippen LogP contribution in [-0.4, -0.2) is 26.7 Å². The van der Waals surface area contributed by atoms with Crippen molar-refractivity contribution in [1.82, 2.24) is 0 Å². The molecular formula is C12H14O4S. The van der Waals surface area contributed by atoms with Gasteiger partial charge in [0.25, 0.3) is 0 Å². The van der Waals surface area contributed by atoms with E-state index in [2.05, 4.69) is 11.3 Å². The zero-order valence-corrected chi connectivity index (χ0v) is 10.4. The highest BCUT2D eigenvalue weighted by molar-refractivity contribution is 7.91. The fourth-order valence-corrected chi connectivity index (χ4v) is 2.58. The van der Waals surface area contributed by atoms with Gasteiger partial charge in [-0.3, -0.25) is 4.79 Å². The van der Waals surface area contributed by atoms with Crippen molar-refractivity contribution in [1.29, 1.82) is 0 Å². The van der Waals surface area contributed by atoms with Crippen LogP contribution >= 0.6 is 0 Å². The van der Waals surface area contributed by atoms with Gasteiger partial charge in [-0.25, -0.2) is 8.42 Å². The van der Waals surface area contributed by atoms with Gasteiger partial charge in [-0.2, -0.15) is 0 Å². The molecule has 0 unspecified atom stereocenters. The minimum absolute atomic E-state index is 0.0681. The highest BCUT2D eigenvalue weighted by atomic mass is 32.2. The summed E-state index contributed by atoms with van der Waals surface area (Å²) in [6, 6.07) is 8.10. The Balaban J connectivity index is 2.68. The fourth-order valence-electron chi connectivity index (χ4n) is 1.23. The summed E-state index contributed by atoms with van der Waals surface area (Å²) in [4.78, 5) is 10.8. The van der Waals surface area contributed by atoms with E-state index in [1.807, 2.05) is 0 Å². The van der Waals surface area contributed by atoms with Gasteiger partial charge in [0.1, 0.15) is 6.61 Å². The minimum atomic E-state index is -3.40. The Hall–Kier alpha value is -1.62. The van der Waals surface area contributed by atoms with Gasteiger partial charge in [0.15, 0.2) is 9.84 Å². The number of ether oxygens (including phenoxy) is 1. The Morgan fingerprint density at radius 3 is 2.41 bits per heavy atom. The van der Waals surface area contributed by atoms with Crippen LogP contribution in [0, 0.1) is 0 Å². The van der Waals surface area contributed by atoms with Gasteiger partial charge in [-0.1, -0.05) is 24.8 Å². The number of carbonyl (C=O) groups is 1. The lowest BCUT2D eigenvalue weighted by atomic mass is 10.4. The van der Waals surface area contributed by atoms with Crippen molar-refractivity contribution in [2.75, 3.05) is 12.4 Å². The Bertz CT molecular complexity index is 503. The van der Waals surface area contributed by atoms with Crippen LogP contribution in [0.15, 0.2) is 47.4 Å². The molecule has 0 saturated heterocycles. The molecule has 0 N–H and O–H groups in total. The summed E-state index contributed by atoms with van der Waals surface area (Å²) in [6.07, 6.45) is 0. The smallest absolute Gasteiger partial charge is 0.302 e. The maximum atomic E-state index is 11.9. The number of hydrogen-bond acceptors (Lipinski definition) is 4. The zero-order valence-electron chi connectivity index (χ0n) is 9.55. The monoisotopic (exact) mass is 254 g/mol. The zero-order chi connectivity index (χ0) is 12.9. The van der Waals surface area contributed by atoms with Crippen molar-refractivity contribution >= 4 is 15.8 Å². The molecule has 4 nitrogen and oxygen atoms in total. The average Bonchev–Trinajstić information content (AvgIpc) is 2.27. The van der Waals surface area contributed by atoms with E-state index in [0.29, 0.717) is 5.57 Å². The van der Waals surface area contributed by atoms with E-state index in [4.69, 9.17) is 0 Å². The minimum Gasteiger partial charge on any atom is -0.461 e. The molecule has 92 valence electrons. The van der Waals surface area contributed by atoms with Gasteiger partial charge >= 0.3 is 5.97 Å². The van der Waals surface area contributed by atoms with Crippen LogP contribution in [0.4, 0.5) is 0 Å². The first-order valence-corrected chi connectivity index (χ1v) is 6.65. The lowest BCUT2D eigenvalue weighted by molar-refractivity contribution is -0.139. The normalized spacial score (nSPS) is 10.9. The quantitative estimate of drug-likeness (QED) is 0.591. The maximum Gasteiger partial charge on any atom is 0.302 e. The molecule has 0 aliphatic carbocycles. The van der Waals surface area contributed by atoms with E-state index < -0.39 is 15.8 Å². The van der Waals surface area contributed by atoms with E-state index in [-0.39, 0.29) is 17.3 Å². The molecule has 1 aromatic carbocycles. The van der Waals surface area contributed by atoms with Crippen LogP contribution in [0.2, 0.25) is 0 Å². The highest BCUT2D eigenvalue weighted by Gasteiger charge is 2.15. The second-order valence-corrected chi connectivity index (χ2v) is 5.59. The summed E-state index contributed by atoms with van der Waals surface area (Å²) in [5.74, 6) is -0.673. The van der Waals surface area contributed by atoms with E-state index in [9.17, 15) is 13.2 Å². The Kier molecular flexibility index (Phi) is 4.45. The summed E-state index contributed by atoms with van der Waals surface area (Å²) in [5, 5.41) is 0. The highest BCUT2D eigenvalue weighted by Crippen LogP contribution is 2.12. The van der Waals surface area contributed by atoms with E-state index in [1.165, 1.54) is 19.1 Å². The van der Waals surface area contributed by atoms with Crippen molar-refractivity contribution in [3.05, 3.63) is 42.5 Å². The molecular weight excluding hydrogens is 240 g/mol. The number of benzene rings is 1. The molecule has 1 rings (SSSR count). The first kappa shape index (κ1) is 13.4.